The van der Waals surface area contributed by atoms with Crippen molar-refractivity contribution in [2.75, 3.05) is 4.90 Å². The van der Waals surface area contributed by atoms with Gasteiger partial charge in [-0.1, -0.05) is 66.4 Å². The van der Waals surface area contributed by atoms with Gasteiger partial charge in [0, 0.05) is 17.3 Å². The zero-order valence-corrected chi connectivity index (χ0v) is 16.0. The molecule has 134 valence electrons. The van der Waals surface area contributed by atoms with E-state index in [2.05, 4.69) is 0 Å². The van der Waals surface area contributed by atoms with Crippen LogP contribution in [0.15, 0.2) is 83.9 Å². The fourth-order valence-electron chi connectivity index (χ4n) is 3.17. The van der Waals surface area contributed by atoms with Crippen LogP contribution in [0.5, 0.6) is 0 Å². The zero-order chi connectivity index (χ0) is 19.0. The second-order valence-electron chi connectivity index (χ2n) is 7.00. The molecule has 1 aliphatic heterocycles. The van der Waals surface area contributed by atoms with Crippen molar-refractivity contribution in [1.82, 2.24) is 0 Å². The lowest BCUT2D eigenvalue weighted by Crippen LogP contribution is -2.34. The molecule has 1 heterocycles. The lowest BCUT2D eigenvalue weighted by molar-refractivity contribution is -0.119. The standard InChI is InChI=1S/C23H19NO2S/c1-23(2)22(26)24(19-10-4-3-5-11-19)21(27-23)15-20(25)18-13-12-16-8-6-7-9-17(16)14-18/h3-15H,1-2H3/b21-15-. The quantitative estimate of drug-likeness (QED) is 0.454. The highest BCUT2D eigenvalue weighted by atomic mass is 32.2. The van der Waals surface area contributed by atoms with Gasteiger partial charge in [0.05, 0.1) is 9.78 Å². The largest absolute Gasteiger partial charge is 0.289 e. The first-order chi connectivity index (χ1) is 13.0. The van der Waals surface area contributed by atoms with Crippen LogP contribution in [-0.2, 0) is 4.79 Å². The lowest BCUT2D eigenvalue weighted by atomic mass is 10.0. The van der Waals surface area contributed by atoms with Gasteiger partial charge in [0.25, 0.3) is 0 Å². The van der Waals surface area contributed by atoms with Gasteiger partial charge >= 0.3 is 0 Å². The molecule has 1 fully saturated rings. The Morgan fingerprint density at radius 1 is 0.926 bits per heavy atom. The van der Waals surface area contributed by atoms with Gasteiger partial charge in [-0.25, -0.2) is 0 Å². The Bertz CT molecular complexity index is 1070. The van der Waals surface area contributed by atoms with E-state index in [-0.39, 0.29) is 11.7 Å². The van der Waals surface area contributed by atoms with E-state index in [0.717, 1.165) is 16.5 Å². The van der Waals surface area contributed by atoms with Gasteiger partial charge in [0.2, 0.25) is 5.91 Å². The summed E-state index contributed by atoms with van der Waals surface area (Å²) in [5.41, 5.74) is 1.39. The summed E-state index contributed by atoms with van der Waals surface area (Å²) in [7, 11) is 0. The smallest absolute Gasteiger partial charge is 0.248 e. The third kappa shape index (κ3) is 3.28. The Balaban J connectivity index is 1.73. The molecule has 3 nitrogen and oxygen atoms in total. The number of fused-ring (bicyclic) bond motifs is 1. The fourth-order valence-corrected chi connectivity index (χ4v) is 4.32. The second kappa shape index (κ2) is 6.71. The minimum absolute atomic E-state index is 0.0174. The number of anilines is 1. The van der Waals surface area contributed by atoms with Gasteiger partial charge < -0.3 is 0 Å². The number of allylic oxidation sites excluding steroid dienone is 1. The van der Waals surface area contributed by atoms with E-state index in [1.165, 1.54) is 11.8 Å². The van der Waals surface area contributed by atoms with E-state index in [4.69, 9.17) is 0 Å². The molecule has 4 heteroatoms. The van der Waals surface area contributed by atoms with Crippen LogP contribution in [0.4, 0.5) is 5.69 Å². The van der Waals surface area contributed by atoms with Gasteiger partial charge in [-0.3, -0.25) is 14.5 Å². The number of hydrogen-bond acceptors (Lipinski definition) is 3. The van der Waals surface area contributed by atoms with E-state index in [1.54, 1.807) is 11.0 Å². The number of para-hydroxylation sites is 1. The molecule has 1 aliphatic rings. The third-order valence-corrected chi connectivity index (χ3v) is 5.80. The molecular weight excluding hydrogens is 354 g/mol. The summed E-state index contributed by atoms with van der Waals surface area (Å²) in [5, 5.41) is 2.78. The predicted octanol–water partition coefficient (Wildman–Crippen LogP) is 5.42. The van der Waals surface area contributed by atoms with E-state index in [9.17, 15) is 9.59 Å². The number of carbonyl (C=O) groups excluding carboxylic acids is 2. The number of benzene rings is 3. The molecule has 3 aromatic carbocycles. The average molecular weight is 373 g/mol. The summed E-state index contributed by atoms with van der Waals surface area (Å²) in [6.07, 6.45) is 1.58. The van der Waals surface area contributed by atoms with Gasteiger partial charge in [-0.2, -0.15) is 0 Å². The van der Waals surface area contributed by atoms with Crippen LogP contribution in [0.3, 0.4) is 0 Å². The molecule has 0 spiro atoms. The minimum Gasteiger partial charge on any atom is -0.289 e. The molecule has 1 amide bonds. The summed E-state index contributed by atoms with van der Waals surface area (Å²) in [6, 6.07) is 23.1. The number of amides is 1. The Labute approximate surface area is 162 Å². The third-order valence-electron chi connectivity index (χ3n) is 4.60. The van der Waals surface area contributed by atoms with E-state index in [1.807, 2.05) is 86.6 Å². The molecule has 3 aromatic rings. The summed E-state index contributed by atoms with van der Waals surface area (Å²) in [4.78, 5) is 27.4. The first kappa shape index (κ1) is 17.6. The second-order valence-corrected chi connectivity index (χ2v) is 8.64. The topological polar surface area (TPSA) is 37.4 Å². The number of nitrogens with zero attached hydrogens (tertiary/aromatic N) is 1. The molecule has 0 radical (unpaired) electrons. The highest BCUT2D eigenvalue weighted by Gasteiger charge is 2.44. The van der Waals surface area contributed by atoms with Crippen LogP contribution < -0.4 is 4.90 Å². The average Bonchev–Trinajstić information content (AvgIpc) is 2.90. The Morgan fingerprint density at radius 3 is 2.33 bits per heavy atom. The molecule has 1 saturated heterocycles. The molecule has 0 aromatic heterocycles. The number of ketones is 1. The molecule has 4 rings (SSSR count). The fraction of sp³-hybridized carbons (Fsp3) is 0.130. The maximum absolute atomic E-state index is 12.9. The number of carbonyl (C=O) groups is 2. The summed E-state index contributed by atoms with van der Waals surface area (Å²) >= 11 is 1.42. The van der Waals surface area contributed by atoms with Gasteiger partial charge in [-0.05, 0) is 42.8 Å². The van der Waals surface area contributed by atoms with E-state index < -0.39 is 4.75 Å². The van der Waals surface area contributed by atoms with Gasteiger partial charge in [0.1, 0.15) is 0 Å². The maximum atomic E-state index is 12.9. The van der Waals surface area contributed by atoms with Crippen LogP contribution in [0.1, 0.15) is 24.2 Å². The Morgan fingerprint density at radius 2 is 1.59 bits per heavy atom. The van der Waals surface area contributed by atoms with Crippen LogP contribution in [0, 0.1) is 0 Å². The predicted molar refractivity (Wildman–Crippen MR) is 112 cm³/mol. The molecule has 27 heavy (non-hydrogen) atoms. The van der Waals surface area contributed by atoms with Crippen molar-refractivity contribution >= 4 is 39.9 Å². The summed E-state index contributed by atoms with van der Waals surface area (Å²) < 4.78 is -0.606. The van der Waals surface area contributed by atoms with Crippen molar-refractivity contribution in [1.29, 1.82) is 0 Å². The van der Waals surface area contributed by atoms with E-state index in [0.29, 0.717) is 10.6 Å². The lowest BCUT2D eigenvalue weighted by Gasteiger charge is -2.18. The summed E-state index contributed by atoms with van der Waals surface area (Å²) in [5.74, 6) is -0.119. The van der Waals surface area contributed by atoms with Crippen molar-refractivity contribution in [2.45, 2.75) is 18.6 Å². The molecular formula is C23H19NO2S. The van der Waals surface area contributed by atoms with E-state index >= 15 is 0 Å². The first-order valence-corrected chi connectivity index (χ1v) is 9.61. The Kier molecular flexibility index (Phi) is 4.36. The molecule has 0 atom stereocenters. The molecule has 0 saturated carbocycles. The summed E-state index contributed by atoms with van der Waals surface area (Å²) in [6.45, 7) is 3.77. The highest BCUT2D eigenvalue weighted by molar-refractivity contribution is 8.05. The zero-order valence-electron chi connectivity index (χ0n) is 15.2. The van der Waals surface area contributed by atoms with Gasteiger partial charge in [0.15, 0.2) is 5.78 Å². The van der Waals surface area contributed by atoms with Crippen LogP contribution >= 0.6 is 11.8 Å². The number of thioether (sulfide) groups is 1. The van der Waals surface area contributed by atoms with Crippen LogP contribution in [0.2, 0.25) is 0 Å². The normalized spacial score (nSPS) is 17.6. The molecule has 0 aliphatic carbocycles. The first-order valence-electron chi connectivity index (χ1n) is 8.79. The molecule has 0 N–H and O–H groups in total. The maximum Gasteiger partial charge on any atom is 0.248 e. The number of hydrogen-bond donors (Lipinski definition) is 0. The monoisotopic (exact) mass is 373 g/mol. The van der Waals surface area contributed by atoms with Crippen molar-refractivity contribution in [3.8, 4) is 0 Å². The van der Waals surface area contributed by atoms with Crippen molar-refractivity contribution in [2.24, 2.45) is 0 Å². The molecule has 0 bridgehead atoms. The highest BCUT2D eigenvalue weighted by Crippen LogP contribution is 2.45. The molecule has 0 unspecified atom stereocenters. The van der Waals surface area contributed by atoms with Crippen LogP contribution in [-0.4, -0.2) is 16.4 Å². The van der Waals surface area contributed by atoms with Gasteiger partial charge in [-0.15, -0.1) is 0 Å². The van der Waals surface area contributed by atoms with Crippen molar-refractivity contribution in [3.05, 3.63) is 89.5 Å². The van der Waals surface area contributed by atoms with Crippen molar-refractivity contribution < 1.29 is 9.59 Å². The number of rotatable bonds is 3. The SMILES string of the molecule is CC1(C)S/C(=C\C(=O)c2ccc3ccccc3c2)N(c2ccccc2)C1=O. The minimum atomic E-state index is -0.606. The Hall–Kier alpha value is -2.85. The van der Waals surface area contributed by atoms with Crippen molar-refractivity contribution in [3.63, 3.8) is 0 Å². The van der Waals surface area contributed by atoms with Crippen LogP contribution in [0.25, 0.3) is 10.8 Å².